The lowest BCUT2D eigenvalue weighted by Crippen LogP contribution is -2.24. The molecule has 0 spiro atoms. The molecule has 0 aromatic carbocycles. The van der Waals surface area contributed by atoms with Crippen molar-refractivity contribution < 1.29 is 4.42 Å². The minimum Gasteiger partial charge on any atom is -0.466 e. The van der Waals surface area contributed by atoms with Gasteiger partial charge in [0.25, 0.3) is 0 Å². The zero-order chi connectivity index (χ0) is 13.8. The molecule has 19 heavy (non-hydrogen) atoms. The molecule has 2 heterocycles. The van der Waals surface area contributed by atoms with Crippen molar-refractivity contribution in [1.82, 2.24) is 15.3 Å². The van der Waals surface area contributed by atoms with Gasteiger partial charge in [0, 0.05) is 23.5 Å². The van der Waals surface area contributed by atoms with Crippen molar-refractivity contribution in [3.63, 3.8) is 0 Å². The van der Waals surface area contributed by atoms with Crippen LogP contribution < -0.4 is 5.32 Å². The highest BCUT2D eigenvalue weighted by Crippen LogP contribution is 2.30. The smallest absolute Gasteiger partial charge is 0.115 e. The molecule has 4 nitrogen and oxygen atoms in total. The Hall–Kier alpha value is -1.68. The minimum atomic E-state index is 0.0959. The first-order chi connectivity index (χ1) is 9.15. The predicted octanol–water partition coefficient (Wildman–Crippen LogP) is 3.08. The van der Waals surface area contributed by atoms with E-state index in [2.05, 4.69) is 29.1 Å². The normalized spacial score (nSPS) is 12.6. The maximum Gasteiger partial charge on any atom is 0.115 e. The number of hydrogen-bond donors (Lipinski definition) is 1. The molecule has 102 valence electrons. The average Bonchev–Trinajstić information content (AvgIpc) is 2.67. The van der Waals surface area contributed by atoms with Crippen LogP contribution in [0.15, 0.2) is 23.1 Å². The molecule has 0 saturated heterocycles. The summed E-state index contributed by atoms with van der Waals surface area (Å²) in [7, 11) is 0. The van der Waals surface area contributed by atoms with Crippen molar-refractivity contribution in [2.75, 3.05) is 6.54 Å². The van der Waals surface area contributed by atoms with Gasteiger partial charge in [-0.1, -0.05) is 6.92 Å². The third kappa shape index (κ3) is 2.84. The van der Waals surface area contributed by atoms with Gasteiger partial charge in [-0.15, -0.1) is 0 Å². The lowest BCUT2D eigenvalue weighted by Gasteiger charge is -2.19. The first kappa shape index (κ1) is 13.7. The number of furan rings is 1. The van der Waals surface area contributed by atoms with Gasteiger partial charge >= 0.3 is 0 Å². The molecule has 4 heteroatoms. The Bertz CT molecular complexity index is 534. The largest absolute Gasteiger partial charge is 0.466 e. The molecule has 0 amide bonds. The van der Waals surface area contributed by atoms with E-state index >= 15 is 0 Å². The van der Waals surface area contributed by atoms with E-state index in [0.29, 0.717) is 0 Å². The van der Waals surface area contributed by atoms with Crippen LogP contribution in [0.25, 0.3) is 0 Å². The van der Waals surface area contributed by atoms with Crippen LogP contribution in [0, 0.1) is 20.8 Å². The summed E-state index contributed by atoms with van der Waals surface area (Å²) in [6, 6.07) is 0.0959. The molecule has 0 bridgehead atoms. The van der Waals surface area contributed by atoms with E-state index in [9.17, 15) is 0 Å². The van der Waals surface area contributed by atoms with Gasteiger partial charge in [-0.05, 0) is 39.3 Å². The quantitative estimate of drug-likeness (QED) is 0.896. The molecule has 0 aliphatic rings. The highest BCUT2D eigenvalue weighted by Gasteiger charge is 2.22. The van der Waals surface area contributed by atoms with Crippen molar-refractivity contribution in [3.05, 3.63) is 46.9 Å². The van der Waals surface area contributed by atoms with Gasteiger partial charge in [0.1, 0.15) is 17.8 Å². The molecule has 1 N–H and O–H groups in total. The molecular weight excluding hydrogens is 238 g/mol. The Morgan fingerprint density at radius 3 is 2.37 bits per heavy atom. The number of aromatic nitrogens is 2. The fourth-order valence-corrected chi connectivity index (χ4v) is 2.37. The summed E-state index contributed by atoms with van der Waals surface area (Å²) >= 11 is 0. The summed E-state index contributed by atoms with van der Waals surface area (Å²) in [5.41, 5.74) is 3.48. The Labute approximate surface area is 114 Å². The number of nitrogens with one attached hydrogen (secondary N) is 1. The lowest BCUT2D eigenvalue weighted by atomic mass is 9.97. The molecule has 1 unspecified atom stereocenters. The second-order valence-corrected chi connectivity index (χ2v) is 4.81. The SMILES string of the molecule is CCCNC(c1cncnc1)c1c(C)oc(C)c1C. The summed E-state index contributed by atoms with van der Waals surface area (Å²) in [5, 5.41) is 3.56. The molecule has 0 fully saturated rings. The van der Waals surface area contributed by atoms with E-state index in [1.165, 1.54) is 11.1 Å². The van der Waals surface area contributed by atoms with E-state index in [-0.39, 0.29) is 6.04 Å². The second-order valence-electron chi connectivity index (χ2n) is 4.81. The number of nitrogens with zero attached hydrogens (tertiary/aromatic N) is 2. The Balaban J connectivity index is 2.43. The summed E-state index contributed by atoms with van der Waals surface area (Å²) in [6.07, 6.45) is 6.36. The van der Waals surface area contributed by atoms with E-state index in [1.54, 1.807) is 6.33 Å². The molecule has 2 aromatic heterocycles. The molecule has 0 radical (unpaired) electrons. The van der Waals surface area contributed by atoms with E-state index in [0.717, 1.165) is 30.0 Å². The molecule has 1 atom stereocenters. The third-order valence-corrected chi connectivity index (χ3v) is 3.42. The molecule has 0 aliphatic carbocycles. The molecule has 0 aliphatic heterocycles. The van der Waals surface area contributed by atoms with Crippen LogP contribution >= 0.6 is 0 Å². The summed E-state index contributed by atoms with van der Waals surface area (Å²) in [5.74, 6) is 1.94. The number of rotatable bonds is 5. The van der Waals surface area contributed by atoms with E-state index < -0.39 is 0 Å². The average molecular weight is 259 g/mol. The topological polar surface area (TPSA) is 51.0 Å². The molecule has 0 saturated carbocycles. The van der Waals surface area contributed by atoms with Gasteiger partial charge in [0.15, 0.2) is 0 Å². The monoisotopic (exact) mass is 259 g/mol. The van der Waals surface area contributed by atoms with Crippen molar-refractivity contribution >= 4 is 0 Å². The van der Waals surface area contributed by atoms with E-state index in [4.69, 9.17) is 4.42 Å². The Morgan fingerprint density at radius 2 is 1.84 bits per heavy atom. The predicted molar refractivity (Wildman–Crippen MR) is 75.1 cm³/mol. The Kier molecular flexibility index (Phi) is 4.32. The summed E-state index contributed by atoms with van der Waals surface area (Å²) in [6.45, 7) is 9.23. The van der Waals surface area contributed by atoms with Gasteiger partial charge in [0.2, 0.25) is 0 Å². The van der Waals surface area contributed by atoms with Crippen molar-refractivity contribution in [2.45, 2.75) is 40.2 Å². The number of aryl methyl sites for hydroxylation is 2. The van der Waals surface area contributed by atoms with E-state index in [1.807, 2.05) is 26.2 Å². The fourth-order valence-electron chi connectivity index (χ4n) is 2.37. The maximum absolute atomic E-state index is 5.75. The van der Waals surface area contributed by atoms with Gasteiger partial charge in [0.05, 0.1) is 6.04 Å². The van der Waals surface area contributed by atoms with Crippen molar-refractivity contribution in [1.29, 1.82) is 0 Å². The van der Waals surface area contributed by atoms with Crippen molar-refractivity contribution in [2.24, 2.45) is 0 Å². The first-order valence-electron chi connectivity index (χ1n) is 6.70. The summed E-state index contributed by atoms with van der Waals surface area (Å²) < 4.78 is 5.75. The molecule has 2 rings (SSSR count). The summed E-state index contributed by atoms with van der Waals surface area (Å²) in [4.78, 5) is 8.25. The van der Waals surface area contributed by atoms with Crippen LogP contribution in [0.1, 0.15) is 47.6 Å². The van der Waals surface area contributed by atoms with Gasteiger partial charge < -0.3 is 9.73 Å². The van der Waals surface area contributed by atoms with Gasteiger partial charge in [-0.3, -0.25) is 0 Å². The highest BCUT2D eigenvalue weighted by atomic mass is 16.3. The lowest BCUT2D eigenvalue weighted by molar-refractivity contribution is 0.492. The van der Waals surface area contributed by atoms with Crippen LogP contribution in [0.3, 0.4) is 0 Å². The zero-order valence-corrected chi connectivity index (χ0v) is 12.0. The second kappa shape index (κ2) is 5.97. The Morgan fingerprint density at radius 1 is 1.16 bits per heavy atom. The maximum atomic E-state index is 5.75. The van der Waals surface area contributed by atoms with Crippen LogP contribution in [0.2, 0.25) is 0 Å². The van der Waals surface area contributed by atoms with Crippen LogP contribution in [0.4, 0.5) is 0 Å². The fraction of sp³-hybridized carbons (Fsp3) is 0.467. The van der Waals surface area contributed by atoms with Crippen molar-refractivity contribution in [3.8, 4) is 0 Å². The minimum absolute atomic E-state index is 0.0959. The van der Waals surface area contributed by atoms with Crippen LogP contribution in [-0.2, 0) is 0 Å². The first-order valence-corrected chi connectivity index (χ1v) is 6.70. The zero-order valence-electron chi connectivity index (χ0n) is 12.0. The van der Waals surface area contributed by atoms with Gasteiger partial charge in [-0.2, -0.15) is 0 Å². The highest BCUT2D eigenvalue weighted by molar-refractivity contribution is 5.39. The third-order valence-electron chi connectivity index (χ3n) is 3.42. The molecule has 2 aromatic rings. The van der Waals surface area contributed by atoms with Crippen LogP contribution in [0.5, 0.6) is 0 Å². The molecular formula is C15H21N3O. The van der Waals surface area contributed by atoms with Gasteiger partial charge in [-0.25, -0.2) is 9.97 Å². The van der Waals surface area contributed by atoms with Crippen LogP contribution in [-0.4, -0.2) is 16.5 Å². The number of hydrogen-bond acceptors (Lipinski definition) is 4. The standard InChI is InChI=1S/C15H21N3O/c1-5-6-18-15(13-7-16-9-17-8-13)14-10(2)11(3)19-12(14)4/h7-9,15,18H,5-6H2,1-4H3.